The fourth-order valence-electron chi connectivity index (χ4n) is 0.0781. The van der Waals surface area contributed by atoms with Gasteiger partial charge in [-0.15, -0.1) is 0 Å². The lowest BCUT2D eigenvalue weighted by atomic mass is 10.3. The Morgan fingerprint density at radius 3 is 1.18 bits per heavy atom. The van der Waals surface area contributed by atoms with Crippen molar-refractivity contribution in [3.8, 4) is 0 Å². The molecule has 0 aromatic heterocycles. The van der Waals surface area contributed by atoms with E-state index in [2.05, 4.69) is 11.5 Å². The van der Waals surface area contributed by atoms with Crippen LogP contribution in [0.2, 0.25) is 0 Å². The minimum atomic E-state index is -1.18. The van der Waals surface area contributed by atoms with Crippen LogP contribution < -0.4 is 17.2 Å². The number of rotatable bonds is 4. The average Bonchev–Trinajstić information content (AvgIpc) is 2.29. The van der Waals surface area contributed by atoms with Crippen molar-refractivity contribution in [3.63, 3.8) is 0 Å². The summed E-state index contributed by atoms with van der Waals surface area (Å²) in [5.41, 5.74) is 13.9. The average molecular weight is 255 g/mol. The number of aliphatic carboxylic acids is 3. The molecule has 0 bridgehead atoms. The van der Waals surface area contributed by atoms with Crippen LogP contribution in [0.5, 0.6) is 0 Å². The zero-order chi connectivity index (χ0) is 14.4. The zero-order valence-electron chi connectivity index (χ0n) is 8.94. The fourth-order valence-corrected chi connectivity index (χ4v) is 0.0781. The molecule has 0 spiro atoms. The van der Waals surface area contributed by atoms with Gasteiger partial charge in [0, 0.05) is 0 Å². The number of carboxylic acid groups (broad SMARTS) is 3. The van der Waals surface area contributed by atoms with Gasteiger partial charge < -0.3 is 37.6 Å². The molecule has 0 amide bonds. The predicted octanol–water partition coefficient (Wildman–Crippen LogP) is -3.55. The van der Waals surface area contributed by atoms with Crippen molar-refractivity contribution in [2.75, 3.05) is 19.7 Å². The lowest BCUT2D eigenvalue weighted by molar-refractivity contribution is -0.139. The molecule has 10 nitrogen and oxygen atoms in total. The first-order valence-corrected chi connectivity index (χ1v) is 4.15. The van der Waals surface area contributed by atoms with Gasteiger partial charge in [0.2, 0.25) is 0 Å². The Morgan fingerprint density at radius 2 is 1.18 bits per heavy atom. The molecule has 0 aliphatic rings. The van der Waals surface area contributed by atoms with Gasteiger partial charge in [0.25, 0.3) is 0 Å². The molecule has 0 aromatic carbocycles. The topological polar surface area (TPSA) is 210 Å². The molecule has 17 heavy (non-hydrogen) atoms. The molecule has 0 saturated heterocycles. The van der Waals surface area contributed by atoms with Crippen molar-refractivity contribution < 1.29 is 34.8 Å². The van der Waals surface area contributed by atoms with Crippen molar-refractivity contribution in [2.45, 2.75) is 6.04 Å². The zero-order valence-corrected chi connectivity index (χ0v) is 8.94. The van der Waals surface area contributed by atoms with E-state index in [0.717, 1.165) is 0 Å². The highest BCUT2D eigenvalue weighted by molar-refractivity contribution is 5.73. The molecule has 0 saturated carbocycles. The molecule has 10 N–H and O–H groups in total. The molecule has 102 valence electrons. The van der Waals surface area contributed by atoms with Gasteiger partial charge in [-0.3, -0.25) is 14.4 Å². The molecule has 0 radical (unpaired) electrons. The Bertz CT molecular complexity index is 220. The van der Waals surface area contributed by atoms with Crippen LogP contribution in [0, 0.1) is 0 Å². The van der Waals surface area contributed by atoms with E-state index in [1.54, 1.807) is 0 Å². The fraction of sp³-hybridized carbons (Fsp3) is 0.571. The van der Waals surface area contributed by atoms with Gasteiger partial charge in [-0.1, -0.05) is 0 Å². The van der Waals surface area contributed by atoms with Gasteiger partial charge in [-0.2, -0.15) is 0 Å². The maximum atomic E-state index is 9.65. The first-order valence-electron chi connectivity index (χ1n) is 4.15. The minimum Gasteiger partial charge on any atom is -0.480 e. The lowest BCUT2D eigenvalue weighted by Gasteiger charge is -1.96. The maximum absolute atomic E-state index is 9.65. The molecule has 0 aromatic rings. The summed E-state index contributed by atoms with van der Waals surface area (Å²) in [6.45, 7) is -1.06. The quantitative estimate of drug-likeness (QED) is 0.262. The number of aliphatic hydroxyl groups excluding tert-OH is 1. The smallest absolute Gasteiger partial charge is 0.322 e. The summed E-state index contributed by atoms with van der Waals surface area (Å²) in [5, 5.41) is 31.1. The third-order valence-electron chi connectivity index (χ3n) is 0.863. The van der Waals surface area contributed by atoms with Crippen molar-refractivity contribution in [1.29, 1.82) is 0 Å². The Kier molecular flexibility index (Phi) is 17.3. The number of carboxylic acids is 3. The third-order valence-corrected chi connectivity index (χ3v) is 0.863. The van der Waals surface area contributed by atoms with Gasteiger partial charge in [-0.05, 0) is 0 Å². The summed E-state index contributed by atoms with van der Waals surface area (Å²) in [4.78, 5) is 28.1. The largest absolute Gasteiger partial charge is 0.480 e. The summed E-state index contributed by atoms with van der Waals surface area (Å²) >= 11 is 0. The molecule has 0 rings (SSSR count). The van der Waals surface area contributed by atoms with Crippen LogP contribution in [-0.4, -0.2) is 64.1 Å². The molecule has 0 aliphatic heterocycles. The lowest BCUT2D eigenvalue weighted by Crippen LogP contribution is -2.33. The van der Waals surface area contributed by atoms with Crippen LogP contribution in [0.1, 0.15) is 0 Å². The summed E-state index contributed by atoms with van der Waals surface area (Å²) in [5.74, 6) is -3.11. The van der Waals surface area contributed by atoms with Gasteiger partial charge in [0.1, 0.15) is 6.04 Å². The van der Waals surface area contributed by atoms with Crippen LogP contribution in [0.4, 0.5) is 0 Å². The molecule has 10 heteroatoms. The van der Waals surface area contributed by atoms with Gasteiger partial charge >= 0.3 is 17.9 Å². The Balaban J connectivity index is -0.000000177. The van der Waals surface area contributed by atoms with E-state index in [1.165, 1.54) is 0 Å². The predicted molar refractivity (Wildman–Crippen MR) is 56.1 cm³/mol. The van der Waals surface area contributed by atoms with E-state index < -0.39 is 30.6 Å². The second kappa shape index (κ2) is 14.2. The van der Waals surface area contributed by atoms with E-state index in [4.69, 9.17) is 26.2 Å². The van der Waals surface area contributed by atoms with Crippen molar-refractivity contribution in [3.05, 3.63) is 0 Å². The first kappa shape index (κ1) is 20.6. The summed E-state index contributed by atoms with van der Waals surface area (Å²) in [7, 11) is 0. The second-order valence-corrected chi connectivity index (χ2v) is 2.32. The van der Waals surface area contributed by atoms with Crippen LogP contribution in [0.15, 0.2) is 0 Å². The van der Waals surface area contributed by atoms with E-state index in [0.29, 0.717) is 0 Å². The Labute approximate surface area is 96.6 Å². The maximum Gasteiger partial charge on any atom is 0.322 e. The molecule has 0 aliphatic carbocycles. The summed E-state index contributed by atoms with van der Waals surface area (Å²) in [6.07, 6.45) is 0. The van der Waals surface area contributed by atoms with Crippen molar-refractivity contribution >= 4 is 17.9 Å². The molecule has 1 unspecified atom stereocenters. The summed E-state index contributed by atoms with van der Waals surface area (Å²) in [6, 6.07) is -1.13. The number of hydrogen-bond acceptors (Lipinski definition) is 7. The van der Waals surface area contributed by atoms with Crippen LogP contribution in [-0.2, 0) is 14.4 Å². The van der Waals surface area contributed by atoms with E-state index in [-0.39, 0.29) is 13.1 Å². The van der Waals surface area contributed by atoms with Crippen molar-refractivity contribution in [2.24, 2.45) is 17.2 Å². The highest BCUT2D eigenvalue weighted by Crippen LogP contribution is 1.71. The van der Waals surface area contributed by atoms with E-state index in [9.17, 15) is 14.4 Å². The number of hydrogen-bond donors (Lipinski definition) is 7. The number of carbonyl (C=O) groups is 3. The molecular formula is C7H17N3O7. The van der Waals surface area contributed by atoms with Gasteiger partial charge in [0.15, 0.2) is 0 Å². The number of aliphatic hydroxyl groups is 1. The third kappa shape index (κ3) is 31.4. The van der Waals surface area contributed by atoms with Gasteiger partial charge in [0.05, 0.1) is 19.7 Å². The molecule has 0 fully saturated rings. The Morgan fingerprint density at radius 1 is 0.941 bits per heavy atom. The SMILES string of the molecule is NC(CO)C(=O)O.NCC(=O)O.NCC(=O)O. The van der Waals surface area contributed by atoms with Crippen LogP contribution >= 0.6 is 0 Å². The van der Waals surface area contributed by atoms with Crippen LogP contribution in [0.25, 0.3) is 0 Å². The first-order chi connectivity index (χ1) is 7.72. The molecule has 1 atom stereocenters. The van der Waals surface area contributed by atoms with Crippen molar-refractivity contribution in [1.82, 2.24) is 0 Å². The molecule has 0 heterocycles. The monoisotopic (exact) mass is 255 g/mol. The standard InChI is InChI=1S/C3H7NO3.2C2H5NO2/c4-2(1-5)3(6)7;2*3-1-2(4)5/h2,5H,1,4H2,(H,6,7);2*1,3H2,(H,4,5). The second-order valence-electron chi connectivity index (χ2n) is 2.32. The van der Waals surface area contributed by atoms with Gasteiger partial charge in [-0.25, -0.2) is 0 Å². The minimum absolute atomic E-state index is 0.278. The van der Waals surface area contributed by atoms with E-state index >= 15 is 0 Å². The number of nitrogens with two attached hydrogens (primary N) is 3. The van der Waals surface area contributed by atoms with E-state index in [1.807, 2.05) is 0 Å². The summed E-state index contributed by atoms with van der Waals surface area (Å²) < 4.78 is 0. The molecular weight excluding hydrogens is 238 g/mol. The Hall–Kier alpha value is -1.75. The highest BCUT2D eigenvalue weighted by Gasteiger charge is 2.06. The normalized spacial score (nSPS) is 9.88. The van der Waals surface area contributed by atoms with Crippen LogP contribution in [0.3, 0.4) is 0 Å². The highest BCUT2D eigenvalue weighted by atomic mass is 16.4.